The van der Waals surface area contributed by atoms with Crippen LogP contribution in [0.1, 0.15) is 19.8 Å². The number of hydrogen-bond donors (Lipinski definition) is 8. The lowest BCUT2D eigenvalue weighted by molar-refractivity contribution is -0.144. The molecule has 0 saturated heterocycles. The van der Waals surface area contributed by atoms with E-state index in [0.29, 0.717) is 0 Å². The molecule has 0 aliphatic heterocycles. The van der Waals surface area contributed by atoms with Crippen molar-refractivity contribution >= 4 is 48.3 Å². The largest absolute Gasteiger partial charge is 0.481 e. The van der Waals surface area contributed by atoms with Crippen molar-refractivity contribution in [1.82, 2.24) is 16.0 Å². The van der Waals surface area contributed by atoms with Gasteiger partial charge in [-0.1, -0.05) is 0 Å². The molecular formula is C14H22N4O9S. The number of nitrogens with one attached hydrogen (secondary N) is 3. The van der Waals surface area contributed by atoms with Crippen LogP contribution in [0.3, 0.4) is 0 Å². The summed E-state index contributed by atoms with van der Waals surface area (Å²) in [6, 6.07) is -5.87. The minimum absolute atomic E-state index is 0.0929. The summed E-state index contributed by atoms with van der Waals surface area (Å²) in [4.78, 5) is 68.8. The summed E-state index contributed by atoms with van der Waals surface area (Å²) < 4.78 is 0. The Kier molecular flexibility index (Phi) is 10.6. The molecule has 0 rings (SSSR count). The normalized spacial score (nSPS) is 14.7. The smallest absolute Gasteiger partial charge is 0.325 e. The molecule has 0 radical (unpaired) electrons. The highest BCUT2D eigenvalue weighted by atomic mass is 32.1. The van der Waals surface area contributed by atoms with Gasteiger partial charge in [0.2, 0.25) is 17.7 Å². The lowest BCUT2D eigenvalue weighted by Crippen LogP contribution is -2.57. The van der Waals surface area contributed by atoms with Gasteiger partial charge in [-0.2, -0.15) is 12.6 Å². The van der Waals surface area contributed by atoms with E-state index in [9.17, 15) is 28.8 Å². The van der Waals surface area contributed by atoms with Crippen molar-refractivity contribution in [3.63, 3.8) is 0 Å². The number of hydrogen-bond acceptors (Lipinski definition) is 8. The molecule has 0 aliphatic carbocycles. The zero-order valence-corrected chi connectivity index (χ0v) is 15.6. The van der Waals surface area contributed by atoms with Crippen molar-refractivity contribution in [2.75, 3.05) is 5.75 Å². The van der Waals surface area contributed by atoms with Gasteiger partial charge in [0, 0.05) is 5.75 Å². The van der Waals surface area contributed by atoms with Gasteiger partial charge in [0.25, 0.3) is 0 Å². The van der Waals surface area contributed by atoms with E-state index >= 15 is 0 Å². The predicted molar refractivity (Wildman–Crippen MR) is 95.4 cm³/mol. The second-order valence-corrected chi connectivity index (χ2v) is 6.04. The molecule has 0 aliphatic rings. The van der Waals surface area contributed by atoms with Crippen molar-refractivity contribution < 1.29 is 44.1 Å². The quantitative estimate of drug-likeness (QED) is 0.147. The predicted octanol–water partition coefficient (Wildman–Crippen LogP) is -3.25. The number of carbonyl (C=O) groups is 6. The first-order valence-electron chi connectivity index (χ1n) is 7.83. The summed E-state index contributed by atoms with van der Waals surface area (Å²) in [6.45, 7) is 1.12. The van der Waals surface area contributed by atoms with E-state index in [0.717, 1.165) is 6.92 Å². The second-order valence-electron chi connectivity index (χ2n) is 5.68. The fourth-order valence-electron chi connectivity index (χ4n) is 1.78. The lowest BCUT2D eigenvalue weighted by atomic mass is 10.1. The third-order valence-electron chi connectivity index (χ3n) is 3.29. The Morgan fingerprint density at radius 2 is 1.21 bits per heavy atom. The Hall–Kier alpha value is -2.87. The molecule has 0 spiro atoms. The Morgan fingerprint density at radius 1 is 0.821 bits per heavy atom. The Labute approximate surface area is 164 Å². The third-order valence-corrected chi connectivity index (χ3v) is 3.68. The van der Waals surface area contributed by atoms with Crippen LogP contribution in [0.4, 0.5) is 0 Å². The van der Waals surface area contributed by atoms with Crippen LogP contribution in [-0.2, 0) is 28.8 Å². The van der Waals surface area contributed by atoms with Crippen LogP contribution >= 0.6 is 12.6 Å². The van der Waals surface area contributed by atoms with E-state index in [1.54, 1.807) is 0 Å². The Bertz CT molecular complexity index is 642. The highest BCUT2D eigenvalue weighted by Crippen LogP contribution is 2.00. The fraction of sp³-hybridized carbons (Fsp3) is 0.571. The van der Waals surface area contributed by atoms with E-state index in [-0.39, 0.29) is 5.75 Å². The van der Waals surface area contributed by atoms with Crippen molar-refractivity contribution in [1.29, 1.82) is 0 Å². The molecule has 0 aromatic heterocycles. The molecule has 0 aromatic carbocycles. The molecule has 14 heteroatoms. The number of carboxylic acids is 3. The zero-order valence-electron chi connectivity index (χ0n) is 14.7. The van der Waals surface area contributed by atoms with Gasteiger partial charge in [-0.05, 0) is 6.92 Å². The maximum absolute atomic E-state index is 12.3. The number of carboxylic acid groups (broad SMARTS) is 3. The average molecular weight is 422 g/mol. The van der Waals surface area contributed by atoms with E-state index in [4.69, 9.17) is 21.1 Å². The average Bonchev–Trinajstić information content (AvgIpc) is 2.58. The number of amides is 3. The topological polar surface area (TPSA) is 225 Å². The monoisotopic (exact) mass is 422 g/mol. The van der Waals surface area contributed by atoms with Crippen LogP contribution in [0.2, 0.25) is 0 Å². The van der Waals surface area contributed by atoms with Gasteiger partial charge >= 0.3 is 17.9 Å². The van der Waals surface area contributed by atoms with Gasteiger partial charge in [-0.15, -0.1) is 0 Å². The second kappa shape index (κ2) is 11.8. The fourth-order valence-corrected chi connectivity index (χ4v) is 1.94. The molecule has 8 N–H and O–H groups in total. The van der Waals surface area contributed by atoms with Crippen LogP contribution in [-0.4, -0.2) is 80.9 Å². The number of nitrogens with two attached hydrogens (primary N) is 1. The first kappa shape index (κ1) is 25.1. The molecule has 28 heavy (non-hydrogen) atoms. The van der Waals surface area contributed by atoms with Gasteiger partial charge in [0.05, 0.1) is 18.9 Å². The van der Waals surface area contributed by atoms with Crippen LogP contribution in [0.15, 0.2) is 0 Å². The summed E-state index contributed by atoms with van der Waals surface area (Å²) in [5, 5.41) is 32.6. The van der Waals surface area contributed by atoms with E-state index in [1.807, 2.05) is 10.6 Å². The molecule has 3 amide bonds. The Balaban J connectivity index is 5.35. The first-order valence-corrected chi connectivity index (χ1v) is 8.46. The maximum Gasteiger partial charge on any atom is 0.325 e. The number of carbonyl (C=O) groups excluding carboxylic acids is 3. The molecule has 0 bridgehead atoms. The van der Waals surface area contributed by atoms with Gasteiger partial charge in [-0.3, -0.25) is 28.8 Å². The highest BCUT2D eigenvalue weighted by Gasteiger charge is 2.31. The molecule has 13 nitrogen and oxygen atoms in total. The summed E-state index contributed by atoms with van der Waals surface area (Å²) >= 11 is 3.80. The summed E-state index contributed by atoms with van der Waals surface area (Å²) in [5.41, 5.74) is 5.43. The summed E-state index contributed by atoms with van der Waals surface area (Å²) in [7, 11) is 0. The molecule has 0 saturated carbocycles. The van der Waals surface area contributed by atoms with Crippen LogP contribution < -0.4 is 21.7 Å². The molecule has 158 valence electrons. The lowest BCUT2D eigenvalue weighted by Gasteiger charge is -2.23. The van der Waals surface area contributed by atoms with Gasteiger partial charge < -0.3 is 37.0 Å². The van der Waals surface area contributed by atoms with Gasteiger partial charge in [-0.25, -0.2) is 0 Å². The standard InChI is InChI=1S/C14H22N4O9S/c1-5(14(26)27)16-12(24)7(2-9(19)20)18-13(25)8(3-10(21)22)17-11(23)6(15)4-28/h5-8,28H,2-4,15H2,1H3,(H,16,24)(H,17,23)(H,18,25)(H,19,20)(H,21,22)(H,26,27). The first-order chi connectivity index (χ1) is 12.9. The van der Waals surface area contributed by atoms with Gasteiger partial charge in [0.1, 0.15) is 18.1 Å². The SMILES string of the molecule is CC(NC(=O)C(CC(=O)O)NC(=O)C(CC(=O)O)NC(=O)C(N)CS)C(=O)O. The third kappa shape index (κ3) is 9.18. The molecule has 4 unspecified atom stereocenters. The van der Waals surface area contributed by atoms with E-state index in [1.165, 1.54) is 0 Å². The minimum Gasteiger partial charge on any atom is -0.481 e. The molecule has 0 aromatic rings. The van der Waals surface area contributed by atoms with Gasteiger partial charge in [0.15, 0.2) is 0 Å². The number of aliphatic carboxylic acids is 3. The van der Waals surface area contributed by atoms with E-state index in [2.05, 4.69) is 17.9 Å². The van der Waals surface area contributed by atoms with Crippen molar-refractivity contribution in [3.8, 4) is 0 Å². The Morgan fingerprint density at radius 3 is 1.57 bits per heavy atom. The van der Waals surface area contributed by atoms with E-state index < -0.39 is 72.6 Å². The van der Waals surface area contributed by atoms with Crippen molar-refractivity contribution in [2.45, 2.75) is 43.9 Å². The highest BCUT2D eigenvalue weighted by molar-refractivity contribution is 7.80. The summed E-state index contributed by atoms with van der Waals surface area (Å²) in [5.74, 6) is -7.59. The zero-order chi connectivity index (χ0) is 22.0. The van der Waals surface area contributed by atoms with Crippen LogP contribution in [0, 0.1) is 0 Å². The van der Waals surface area contributed by atoms with Crippen LogP contribution in [0.5, 0.6) is 0 Å². The molecule has 4 atom stereocenters. The summed E-state index contributed by atoms with van der Waals surface area (Å²) in [6.07, 6.45) is -1.78. The number of rotatable bonds is 12. The number of thiol groups is 1. The minimum atomic E-state index is -1.71. The van der Waals surface area contributed by atoms with Crippen LogP contribution in [0.25, 0.3) is 0 Å². The van der Waals surface area contributed by atoms with Crippen molar-refractivity contribution in [2.24, 2.45) is 5.73 Å². The van der Waals surface area contributed by atoms with Crippen molar-refractivity contribution in [3.05, 3.63) is 0 Å². The molecule has 0 heterocycles. The molecule has 0 fully saturated rings. The maximum atomic E-state index is 12.3. The molecular weight excluding hydrogens is 400 g/mol.